The van der Waals surface area contributed by atoms with Crippen LogP contribution in [-0.4, -0.2) is 85.5 Å². The molecule has 2 aromatic carbocycles. The molecule has 0 bridgehead atoms. The first-order valence-electron chi connectivity index (χ1n) is 28.1. The molecule has 0 saturated carbocycles. The number of nitrogens with zero attached hydrogens (tertiary/aromatic N) is 4. The van der Waals surface area contributed by atoms with Crippen molar-refractivity contribution in [3.63, 3.8) is 0 Å². The van der Waals surface area contributed by atoms with Crippen LogP contribution in [0, 0.1) is 0 Å². The molecule has 0 fully saturated rings. The maximum absolute atomic E-state index is 13.3. The van der Waals surface area contributed by atoms with Crippen molar-refractivity contribution in [2.45, 2.75) is 156 Å². The van der Waals surface area contributed by atoms with Gasteiger partial charge in [-0.25, -0.2) is 9.15 Å². The van der Waals surface area contributed by atoms with Crippen LogP contribution in [0.5, 0.6) is 0 Å². The lowest BCUT2D eigenvalue weighted by Crippen LogP contribution is -2.30. The third kappa shape index (κ3) is 14.9. The second-order valence-corrected chi connectivity index (χ2v) is 20.5. The molecule has 2 aromatic rings. The van der Waals surface area contributed by atoms with Crippen LogP contribution in [0.15, 0.2) is 131 Å². The predicted molar refractivity (Wildman–Crippen MR) is 299 cm³/mol. The van der Waals surface area contributed by atoms with Crippen molar-refractivity contribution in [1.29, 1.82) is 0 Å². The van der Waals surface area contributed by atoms with Gasteiger partial charge < -0.3 is 20.0 Å². The van der Waals surface area contributed by atoms with Gasteiger partial charge >= 0.3 is 0 Å². The van der Waals surface area contributed by atoms with Crippen molar-refractivity contribution in [3.05, 3.63) is 142 Å². The smallest absolute Gasteiger partial charge is 0.199 e. The SMILES string of the molecule is CCCCN(CCCC)c1ccc(C2=C([O-])C(=C3C=CC(=[N+](C)CCCCCCCCCCCCCC[N+](C)=C4C=CC(=C5C(=O)C(c6ccc(N(CCCC)CCCC)cc6)=C5[O-])C=C4)C=C3)C2=O)cc1. The summed E-state index contributed by atoms with van der Waals surface area (Å²) in [6.07, 6.45) is 40.1. The lowest BCUT2D eigenvalue weighted by Gasteiger charge is -2.32. The van der Waals surface area contributed by atoms with Crippen LogP contribution >= 0.6 is 0 Å². The topological polar surface area (TPSA) is 92.8 Å². The Morgan fingerprint density at radius 1 is 0.375 bits per heavy atom. The van der Waals surface area contributed by atoms with Gasteiger partial charge in [0, 0.05) is 97.0 Å². The van der Waals surface area contributed by atoms with E-state index in [1.165, 1.54) is 64.2 Å². The van der Waals surface area contributed by atoms with Crippen molar-refractivity contribution in [2.75, 3.05) is 63.2 Å². The van der Waals surface area contributed by atoms with Gasteiger partial charge in [-0.3, -0.25) is 9.59 Å². The second kappa shape index (κ2) is 29.1. The Morgan fingerprint density at radius 2 is 0.653 bits per heavy atom. The van der Waals surface area contributed by atoms with E-state index < -0.39 is 0 Å². The number of unbranched alkanes of at least 4 members (excludes halogenated alkanes) is 15. The van der Waals surface area contributed by atoms with Crippen molar-refractivity contribution in [2.24, 2.45) is 0 Å². The van der Waals surface area contributed by atoms with Crippen molar-refractivity contribution >= 4 is 45.5 Å². The third-order valence-corrected chi connectivity index (χ3v) is 14.9. The molecule has 0 N–H and O–H groups in total. The van der Waals surface area contributed by atoms with Crippen molar-refractivity contribution in [3.8, 4) is 0 Å². The number of anilines is 2. The zero-order valence-corrected chi connectivity index (χ0v) is 45.0. The Morgan fingerprint density at radius 3 is 0.917 bits per heavy atom. The van der Waals surface area contributed by atoms with E-state index in [0.29, 0.717) is 44.6 Å². The fourth-order valence-corrected chi connectivity index (χ4v) is 10.1. The Kier molecular flexibility index (Phi) is 22.4. The lowest BCUT2D eigenvalue weighted by atomic mass is 9.80. The lowest BCUT2D eigenvalue weighted by molar-refractivity contribution is -0.496. The van der Waals surface area contributed by atoms with Gasteiger partial charge in [-0.2, -0.15) is 0 Å². The molecular weight excluding hydrogens is 889 g/mol. The number of rotatable bonds is 31. The molecule has 8 nitrogen and oxygen atoms in total. The number of allylic oxidation sites excluding steroid dienone is 14. The Labute approximate surface area is 434 Å². The highest BCUT2D eigenvalue weighted by Gasteiger charge is 2.32. The summed E-state index contributed by atoms with van der Waals surface area (Å²) in [6.45, 7) is 14.9. The zero-order chi connectivity index (χ0) is 51.2. The van der Waals surface area contributed by atoms with Crippen LogP contribution in [-0.2, 0) is 9.59 Å². The fourth-order valence-electron chi connectivity index (χ4n) is 10.1. The van der Waals surface area contributed by atoms with Gasteiger partial charge in [-0.05, 0) is 109 Å². The molecule has 8 heteroatoms. The normalized spacial score (nSPS) is 15.4. The summed E-state index contributed by atoms with van der Waals surface area (Å²) in [5.74, 6) is -0.606. The first kappa shape index (κ1) is 55.6. The molecule has 0 radical (unpaired) electrons. The zero-order valence-electron chi connectivity index (χ0n) is 45.0. The van der Waals surface area contributed by atoms with Crippen LogP contribution in [0.25, 0.3) is 11.1 Å². The van der Waals surface area contributed by atoms with Gasteiger partial charge in [-0.1, -0.05) is 141 Å². The number of carbonyl (C=O) groups excluding carboxylic acids is 2. The minimum Gasteiger partial charge on any atom is -0.871 e. The molecule has 4 aliphatic rings. The fraction of sp³-hybridized carbons (Fsp3) is 0.500. The molecule has 0 aliphatic heterocycles. The number of hydrogen-bond donors (Lipinski definition) is 0. The molecule has 0 spiro atoms. The maximum Gasteiger partial charge on any atom is 0.199 e. The first-order valence-corrected chi connectivity index (χ1v) is 28.1. The highest BCUT2D eigenvalue weighted by Crippen LogP contribution is 2.39. The number of ketones is 2. The summed E-state index contributed by atoms with van der Waals surface area (Å²) in [5, 5.41) is 26.5. The van der Waals surface area contributed by atoms with Crippen LogP contribution < -0.4 is 20.0 Å². The molecule has 72 heavy (non-hydrogen) atoms. The summed E-state index contributed by atoms with van der Waals surface area (Å²) >= 11 is 0. The molecule has 4 aliphatic carbocycles. The molecule has 386 valence electrons. The average molecular weight is 975 g/mol. The van der Waals surface area contributed by atoms with E-state index in [1.54, 1.807) is 0 Å². The number of Topliss-reactive ketones (excluding diaryl/α,β-unsaturated/α-hetero) is 2. The highest BCUT2D eigenvalue weighted by molar-refractivity contribution is 6.40. The van der Waals surface area contributed by atoms with Crippen LogP contribution in [0.4, 0.5) is 11.4 Å². The van der Waals surface area contributed by atoms with Gasteiger partial charge in [0.1, 0.15) is 27.2 Å². The van der Waals surface area contributed by atoms with Gasteiger partial charge in [0.2, 0.25) is 0 Å². The average Bonchev–Trinajstić information content (AvgIpc) is 3.40. The van der Waals surface area contributed by atoms with E-state index in [-0.39, 0.29) is 23.1 Å². The maximum atomic E-state index is 13.3. The minimum atomic E-state index is -0.151. The van der Waals surface area contributed by atoms with E-state index in [2.05, 4.69) is 85.0 Å². The largest absolute Gasteiger partial charge is 0.871 e. The van der Waals surface area contributed by atoms with Gasteiger partial charge in [-0.15, -0.1) is 0 Å². The molecule has 0 aromatic heterocycles. The second-order valence-electron chi connectivity index (χ2n) is 20.5. The number of hydrogen-bond acceptors (Lipinski definition) is 6. The Balaban J connectivity index is 0.813. The quantitative estimate of drug-likeness (QED) is 0.0424. The van der Waals surface area contributed by atoms with Gasteiger partial charge in [0.15, 0.2) is 23.0 Å². The monoisotopic (exact) mass is 975 g/mol. The number of benzene rings is 2. The van der Waals surface area contributed by atoms with Crippen LogP contribution in [0.2, 0.25) is 0 Å². The highest BCUT2D eigenvalue weighted by atomic mass is 16.3. The summed E-state index contributed by atoms with van der Waals surface area (Å²) in [5.41, 5.74) is 8.57. The van der Waals surface area contributed by atoms with E-state index in [1.807, 2.05) is 72.9 Å². The molecule has 0 unspecified atom stereocenters. The standard InChI is InChI=1S/C64H86N4O4/c1-7-11-45-67(46-12-8-2)55-39-31-51(32-40-55)59-61(69)57(62(59)70)49-27-35-53(36-28-49)65(5)43-25-23-21-19-17-15-16-18-20-22-24-26-44-66(6)54-37-29-50(30-38-54)58-63(71)60(64(58)72)52-33-41-56(42-34-52)68(47-13-9-3)48-14-10-4/h27-42H,7-26,43-48H2,1-6H3. The Bertz CT molecular complexity index is 2260. The van der Waals surface area contributed by atoms with Crippen LogP contribution in [0.3, 0.4) is 0 Å². The molecule has 0 saturated heterocycles. The molecule has 0 amide bonds. The van der Waals surface area contributed by atoms with Gasteiger partial charge in [0.05, 0.1) is 0 Å². The molecular formula is C64H86N4O4. The molecule has 6 rings (SSSR count). The van der Waals surface area contributed by atoms with E-state index >= 15 is 0 Å². The van der Waals surface area contributed by atoms with Crippen LogP contribution in [0.1, 0.15) is 167 Å². The summed E-state index contributed by atoms with van der Waals surface area (Å²) < 4.78 is 4.54. The Hall–Kier alpha value is -5.76. The van der Waals surface area contributed by atoms with E-state index in [9.17, 15) is 19.8 Å². The predicted octanol–water partition coefficient (Wildman–Crippen LogP) is 12.2. The summed E-state index contributed by atoms with van der Waals surface area (Å²) in [4.78, 5) is 31.4. The van der Waals surface area contributed by atoms with E-state index in [0.717, 1.165) is 126 Å². The number of carbonyl (C=O) groups is 2. The summed E-state index contributed by atoms with van der Waals surface area (Å²) in [7, 11) is 4.24. The van der Waals surface area contributed by atoms with Gasteiger partial charge in [0.25, 0.3) is 0 Å². The third-order valence-electron chi connectivity index (χ3n) is 14.9. The summed E-state index contributed by atoms with van der Waals surface area (Å²) in [6, 6.07) is 16.0. The molecule has 0 heterocycles. The van der Waals surface area contributed by atoms with E-state index in [4.69, 9.17) is 0 Å². The van der Waals surface area contributed by atoms with Crippen molar-refractivity contribution < 1.29 is 29.0 Å². The first-order chi connectivity index (χ1) is 35.1. The molecule has 0 atom stereocenters. The van der Waals surface area contributed by atoms with Crippen molar-refractivity contribution in [1.82, 2.24) is 0 Å². The minimum absolute atomic E-state index is 0.151.